The van der Waals surface area contributed by atoms with Crippen LogP contribution < -0.4 is 10.6 Å². The van der Waals surface area contributed by atoms with E-state index in [1.54, 1.807) is 6.20 Å². The minimum atomic E-state index is 0.0747. The molecular weight excluding hydrogens is 388 g/mol. The Morgan fingerprint density at radius 2 is 1.97 bits per heavy atom. The highest BCUT2D eigenvalue weighted by Gasteiger charge is 2.31. The van der Waals surface area contributed by atoms with Crippen molar-refractivity contribution >= 4 is 23.1 Å². The van der Waals surface area contributed by atoms with E-state index in [2.05, 4.69) is 50.4 Å². The van der Waals surface area contributed by atoms with Crippen molar-refractivity contribution < 1.29 is 4.79 Å². The maximum absolute atomic E-state index is 12.0. The van der Waals surface area contributed by atoms with Gasteiger partial charge in [0.1, 0.15) is 11.5 Å². The SMILES string of the molecule is CN1CC(c2cc(C3CC3)cn3cc(CNc4ccnc(NC(=O)C5CC5)c4)nc23)C1. The molecule has 3 aromatic heterocycles. The summed E-state index contributed by atoms with van der Waals surface area (Å²) in [6.07, 6.45) is 10.7. The maximum Gasteiger partial charge on any atom is 0.228 e. The van der Waals surface area contributed by atoms with Crippen LogP contribution in [0.4, 0.5) is 11.5 Å². The van der Waals surface area contributed by atoms with Gasteiger partial charge in [0.2, 0.25) is 5.91 Å². The molecule has 4 heterocycles. The van der Waals surface area contributed by atoms with E-state index >= 15 is 0 Å². The molecule has 1 aliphatic heterocycles. The lowest BCUT2D eigenvalue weighted by molar-refractivity contribution is -0.117. The van der Waals surface area contributed by atoms with Crippen molar-refractivity contribution in [2.75, 3.05) is 30.8 Å². The number of hydrogen-bond donors (Lipinski definition) is 2. The average Bonchev–Trinajstić information content (AvgIpc) is 3.65. The number of carbonyl (C=O) groups excluding carboxylic acids is 1. The summed E-state index contributed by atoms with van der Waals surface area (Å²) in [6, 6.07) is 6.22. The summed E-state index contributed by atoms with van der Waals surface area (Å²) in [5, 5.41) is 6.35. The first-order valence-electron chi connectivity index (χ1n) is 11.3. The molecular formula is C24H28N6O. The molecule has 2 saturated carbocycles. The molecule has 3 fully saturated rings. The molecule has 0 atom stereocenters. The van der Waals surface area contributed by atoms with Gasteiger partial charge in [-0.15, -0.1) is 0 Å². The van der Waals surface area contributed by atoms with E-state index in [0.29, 0.717) is 18.3 Å². The van der Waals surface area contributed by atoms with Gasteiger partial charge in [-0.3, -0.25) is 4.79 Å². The first-order chi connectivity index (χ1) is 15.1. The largest absolute Gasteiger partial charge is 0.379 e. The highest BCUT2D eigenvalue weighted by molar-refractivity contribution is 5.93. The zero-order valence-corrected chi connectivity index (χ0v) is 17.8. The number of nitrogens with one attached hydrogen (secondary N) is 2. The zero-order valence-electron chi connectivity index (χ0n) is 17.8. The van der Waals surface area contributed by atoms with Gasteiger partial charge in [0.15, 0.2) is 0 Å². The van der Waals surface area contributed by atoms with E-state index in [1.165, 1.54) is 24.0 Å². The summed E-state index contributed by atoms with van der Waals surface area (Å²) < 4.78 is 2.23. The highest BCUT2D eigenvalue weighted by Crippen LogP contribution is 2.42. The van der Waals surface area contributed by atoms with Crippen LogP contribution in [-0.4, -0.2) is 45.3 Å². The first-order valence-corrected chi connectivity index (χ1v) is 11.3. The van der Waals surface area contributed by atoms with Crippen molar-refractivity contribution in [2.45, 2.75) is 44.1 Å². The van der Waals surface area contributed by atoms with Crippen molar-refractivity contribution in [3.05, 3.63) is 53.6 Å². The molecule has 7 heteroatoms. The summed E-state index contributed by atoms with van der Waals surface area (Å²) in [5.41, 5.74) is 5.88. The predicted molar refractivity (Wildman–Crippen MR) is 120 cm³/mol. The summed E-state index contributed by atoms with van der Waals surface area (Å²) in [4.78, 5) is 23.6. The lowest BCUT2D eigenvalue weighted by Gasteiger charge is -2.36. The van der Waals surface area contributed by atoms with E-state index in [-0.39, 0.29) is 11.8 Å². The number of anilines is 2. The zero-order chi connectivity index (χ0) is 20.9. The number of nitrogens with zero attached hydrogens (tertiary/aromatic N) is 4. The number of amides is 1. The maximum atomic E-state index is 12.0. The Labute approximate surface area is 181 Å². The summed E-state index contributed by atoms with van der Waals surface area (Å²) in [5.74, 6) is 2.15. The first kappa shape index (κ1) is 18.8. The summed E-state index contributed by atoms with van der Waals surface area (Å²) >= 11 is 0. The van der Waals surface area contributed by atoms with E-state index in [1.807, 2.05) is 12.1 Å². The van der Waals surface area contributed by atoms with Crippen molar-refractivity contribution in [3.8, 4) is 0 Å². The van der Waals surface area contributed by atoms with Crippen molar-refractivity contribution in [1.29, 1.82) is 0 Å². The lowest BCUT2D eigenvalue weighted by Crippen LogP contribution is -2.41. The fraction of sp³-hybridized carbons (Fsp3) is 0.458. The molecule has 2 N–H and O–H groups in total. The van der Waals surface area contributed by atoms with Gasteiger partial charge in [-0.05, 0) is 56.3 Å². The molecule has 0 bridgehead atoms. The van der Waals surface area contributed by atoms with Gasteiger partial charge in [-0.1, -0.05) is 0 Å². The average molecular weight is 417 g/mol. The third-order valence-electron chi connectivity index (χ3n) is 6.64. The Kier molecular flexibility index (Phi) is 4.45. The van der Waals surface area contributed by atoms with Gasteiger partial charge in [-0.2, -0.15) is 0 Å². The van der Waals surface area contributed by atoms with Crippen molar-refractivity contribution in [2.24, 2.45) is 5.92 Å². The molecule has 7 nitrogen and oxygen atoms in total. The van der Waals surface area contributed by atoms with E-state index < -0.39 is 0 Å². The third-order valence-corrected chi connectivity index (χ3v) is 6.64. The van der Waals surface area contributed by atoms with Crippen LogP contribution in [0.15, 0.2) is 36.8 Å². The molecule has 160 valence electrons. The molecule has 31 heavy (non-hydrogen) atoms. The van der Waals surface area contributed by atoms with Crippen LogP contribution in [0.25, 0.3) is 5.65 Å². The van der Waals surface area contributed by atoms with Crippen LogP contribution in [0.2, 0.25) is 0 Å². The van der Waals surface area contributed by atoms with E-state index in [9.17, 15) is 4.79 Å². The summed E-state index contributed by atoms with van der Waals surface area (Å²) in [7, 11) is 2.18. The van der Waals surface area contributed by atoms with Gasteiger partial charge in [0.25, 0.3) is 0 Å². The molecule has 0 spiro atoms. The van der Waals surface area contributed by atoms with Crippen molar-refractivity contribution in [1.82, 2.24) is 19.3 Å². The Balaban J connectivity index is 1.20. The monoisotopic (exact) mass is 416 g/mol. The van der Waals surface area contributed by atoms with E-state index in [0.717, 1.165) is 48.9 Å². The number of likely N-dealkylation sites (N-methyl/N-ethyl adjacent to an activating group) is 1. The van der Waals surface area contributed by atoms with Gasteiger partial charge in [0.05, 0.1) is 12.2 Å². The quantitative estimate of drug-likeness (QED) is 0.616. The number of rotatable bonds is 7. The Morgan fingerprint density at radius 3 is 2.71 bits per heavy atom. The van der Waals surface area contributed by atoms with E-state index in [4.69, 9.17) is 4.98 Å². The van der Waals surface area contributed by atoms with Gasteiger partial charge in [-0.25, -0.2) is 9.97 Å². The number of fused-ring (bicyclic) bond motifs is 1. The van der Waals surface area contributed by atoms with Crippen LogP contribution in [-0.2, 0) is 11.3 Å². The van der Waals surface area contributed by atoms with Gasteiger partial charge < -0.3 is 19.9 Å². The second-order valence-corrected chi connectivity index (χ2v) is 9.43. The molecule has 0 unspecified atom stereocenters. The molecule has 3 aromatic rings. The number of aromatic nitrogens is 3. The normalized spacial score (nSPS) is 19.4. The second-order valence-electron chi connectivity index (χ2n) is 9.43. The molecule has 6 rings (SSSR count). The van der Waals surface area contributed by atoms with Crippen LogP contribution in [0.1, 0.15) is 54.3 Å². The predicted octanol–water partition coefficient (Wildman–Crippen LogP) is 3.60. The van der Waals surface area contributed by atoms with Crippen LogP contribution in [0.5, 0.6) is 0 Å². The molecule has 0 radical (unpaired) electrons. The molecule has 1 amide bonds. The highest BCUT2D eigenvalue weighted by atomic mass is 16.2. The third kappa shape index (κ3) is 3.90. The molecule has 3 aliphatic rings. The number of likely N-dealkylation sites (tertiary alicyclic amines) is 1. The Morgan fingerprint density at radius 1 is 1.13 bits per heavy atom. The van der Waals surface area contributed by atoms with Crippen LogP contribution >= 0.6 is 0 Å². The fourth-order valence-corrected chi connectivity index (χ4v) is 4.49. The minimum absolute atomic E-state index is 0.0747. The fourth-order valence-electron chi connectivity index (χ4n) is 4.49. The van der Waals surface area contributed by atoms with Gasteiger partial charge in [0, 0.05) is 60.8 Å². The lowest BCUT2D eigenvalue weighted by atomic mass is 9.91. The number of pyridine rings is 2. The van der Waals surface area contributed by atoms with Crippen LogP contribution in [0, 0.1) is 5.92 Å². The standard InChI is InChI=1S/C24H28N6O/c1-29-11-18(12-29)21-8-17(15-2-3-15)13-30-14-20(27-23(21)30)10-26-19-6-7-25-22(9-19)28-24(31)16-4-5-16/h6-9,13-16,18H,2-5,10-12H2,1H3,(H2,25,26,28,31). The number of carbonyl (C=O) groups is 1. The minimum Gasteiger partial charge on any atom is -0.379 e. The van der Waals surface area contributed by atoms with Gasteiger partial charge >= 0.3 is 0 Å². The number of hydrogen-bond acceptors (Lipinski definition) is 5. The Bertz CT molecular complexity index is 1140. The second kappa shape index (κ2) is 7.34. The molecule has 2 aliphatic carbocycles. The molecule has 1 saturated heterocycles. The number of imidazole rings is 1. The Hall–Kier alpha value is -2.93. The topological polar surface area (TPSA) is 74.6 Å². The smallest absolute Gasteiger partial charge is 0.228 e. The summed E-state index contributed by atoms with van der Waals surface area (Å²) in [6.45, 7) is 2.84. The molecule has 0 aromatic carbocycles. The van der Waals surface area contributed by atoms with Crippen molar-refractivity contribution in [3.63, 3.8) is 0 Å². The van der Waals surface area contributed by atoms with Crippen LogP contribution in [0.3, 0.4) is 0 Å².